The number of carbonyl (C=O) groups excluding carboxylic acids is 1. The van der Waals surface area contributed by atoms with Crippen LogP contribution in [0.5, 0.6) is 11.5 Å². The maximum atomic E-state index is 12.2. The van der Waals surface area contributed by atoms with E-state index in [1.54, 1.807) is 23.9 Å². The van der Waals surface area contributed by atoms with Gasteiger partial charge in [0.15, 0.2) is 0 Å². The highest BCUT2D eigenvalue weighted by Crippen LogP contribution is 2.18. The van der Waals surface area contributed by atoms with E-state index in [1.807, 2.05) is 61.5 Å². The predicted molar refractivity (Wildman–Crippen MR) is 118 cm³/mol. The molecule has 3 aromatic carbocycles. The van der Waals surface area contributed by atoms with Crippen molar-refractivity contribution in [2.75, 3.05) is 25.5 Å². The average Bonchev–Trinajstić information content (AvgIpc) is 2.75. The lowest BCUT2D eigenvalue weighted by atomic mass is 10.2. The molecule has 3 aromatic rings. The van der Waals surface area contributed by atoms with Gasteiger partial charge in [0, 0.05) is 16.2 Å². The lowest BCUT2D eigenvalue weighted by molar-refractivity contribution is 0.0947. The van der Waals surface area contributed by atoms with Crippen LogP contribution in [0.15, 0.2) is 83.8 Å². The van der Waals surface area contributed by atoms with Crippen molar-refractivity contribution in [3.8, 4) is 11.5 Å². The number of hydrogen-bond donors (Lipinski definition) is 1. The molecule has 150 valence electrons. The standard InChI is InChI=1S/C24H25NO3S/c1-19-6-5-7-22(18-19)27-15-14-25-24(26)20-10-12-21(13-11-20)28-16-17-29-23-8-3-2-4-9-23/h2-13,18H,14-17H2,1H3,(H,25,26). The van der Waals surface area contributed by atoms with E-state index in [9.17, 15) is 4.79 Å². The minimum absolute atomic E-state index is 0.121. The summed E-state index contributed by atoms with van der Waals surface area (Å²) in [7, 11) is 0. The van der Waals surface area contributed by atoms with Gasteiger partial charge in [-0.1, -0.05) is 30.3 Å². The second kappa shape index (κ2) is 11.2. The van der Waals surface area contributed by atoms with Crippen LogP contribution >= 0.6 is 11.8 Å². The summed E-state index contributed by atoms with van der Waals surface area (Å²) in [5.41, 5.74) is 1.75. The molecule has 0 aliphatic carbocycles. The van der Waals surface area contributed by atoms with Gasteiger partial charge in [0.25, 0.3) is 5.91 Å². The Morgan fingerprint density at radius 1 is 0.862 bits per heavy atom. The number of nitrogens with one attached hydrogen (secondary N) is 1. The zero-order valence-corrected chi connectivity index (χ0v) is 17.3. The van der Waals surface area contributed by atoms with Crippen LogP contribution in [0.4, 0.5) is 0 Å². The number of ether oxygens (including phenoxy) is 2. The van der Waals surface area contributed by atoms with Crippen LogP contribution in [-0.4, -0.2) is 31.4 Å². The van der Waals surface area contributed by atoms with Gasteiger partial charge in [-0.3, -0.25) is 4.79 Å². The summed E-state index contributed by atoms with van der Waals surface area (Å²) >= 11 is 1.76. The molecule has 1 amide bonds. The number of benzene rings is 3. The largest absolute Gasteiger partial charge is 0.493 e. The Morgan fingerprint density at radius 3 is 2.38 bits per heavy atom. The molecular weight excluding hydrogens is 382 g/mol. The molecule has 0 aliphatic heterocycles. The lowest BCUT2D eigenvalue weighted by Crippen LogP contribution is -2.28. The van der Waals surface area contributed by atoms with Crippen LogP contribution in [-0.2, 0) is 0 Å². The maximum Gasteiger partial charge on any atom is 0.251 e. The van der Waals surface area contributed by atoms with Crippen molar-refractivity contribution in [2.45, 2.75) is 11.8 Å². The fourth-order valence-corrected chi connectivity index (χ4v) is 3.43. The molecule has 0 aromatic heterocycles. The number of aryl methyl sites for hydroxylation is 1. The van der Waals surface area contributed by atoms with Crippen LogP contribution < -0.4 is 14.8 Å². The minimum Gasteiger partial charge on any atom is -0.493 e. The van der Waals surface area contributed by atoms with Crippen molar-refractivity contribution in [3.05, 3.63) is 90.0 Å². The van der Waals surface area contributed by atoms with Crippen molar-refractivity contribution in [1.82, 2.24) is 5.32 Å². The third-order valence-corrected chi connectivity index (χ3v) is 5.10. The van der Waals surface area contributed by atoms with Crippen molar-refractivity contribution in [1.29, 1.82) is 0 Å². The molecule has 0 heterocycles. The summed E-state index contributed by atoms with van der Waals surface area (Å²) in [6.45, 7) is 3.50. The molecule has 0 spiro atoms. The van der Waals surface area contributed by atoms with Crippen LogP contribution in [0, 0.1) is 6.92 Å². The topological polar surface area (TPSA) is 47.6 Å². The maximum absolute atomic E-state index is 12.2. The van der Waals surface area contributed by atoms with Gasteiger partial charge in [-0.25, -0.2) is 0 Å². The first-order valence-corrected chi connectivity index (χ1v) is 10.6. The molecule has 4 nitrogen and oxygen atoms in total. The molecule has 0 radical (unpaired) electrons. The number of rotatable bonds is 10. The van der Waals surface area contributed by atoms with Crippen LogP contribution in [0.2, 0.25) is 0 Å². The van der Waals surface area contributed by atoms with Crippen LogP contribution in [0.3, 0.4) is 0 Å². The molecule has 3 rings (SSSR count). The minimum atomic E-state index is -0.121. The fourth-order valence-electron chi connectivity index (χ4n) is 2.68. The first kappa shape index (κ1) is 20.8. The molecule has 0 unspecified atom stereocenters. The average molecular weight is 408 g/mol. The monoisotopic (exact) mass is 407 g/mol. The number of carbonyl (C=O) groups is 1. The third-order valence-electron chi connectivity index (χ3n) is 4.13. The van der Waals surface area contributed by atoms with Gasteiger partial charge in [-0.2, -0.15) is 0 Å². The molecule has 0 saturated heterocycles. The van der Waals surface area contributed by atoms with Crippen molar-refractivity contribution >= 4 is 17.7 Å². The Bertz CT molecular complexity index is 898. The third kappa shape index (κ3) is 7.20. The Hall–Kier alpha value is -2.92. The molecule has 5 heteroatoms. The molecule has 29 heavy (non-hydrogen) atoms. The smallest absolute Gasteiger partial charge is 0.251 e. The normalized spacial score (nSPS) is 10.4. The van der Waals surface area contributed by atoms with E-state index in [4.69, 9.17) is 9.47 Å². The highest BCUT2D eigenvalue weighted by Gasteiger charge is 2.05. The van der Waals surface area contributed by atoms with E-state index < -0.39 is 0 Å². The summed E-state index contributed by atoms with van der Waals surface area (Å²) in [5.74, 6) is 2.32. The summed E-state index contributed by atoms with van der Waals surface area (Å²) < 4.78 is 11.4. The molecule has 0 atom stereocenters. The van der Waals surface area contributed by atoms with Crippen molar-refractivity contribution in [3.63, 3.8) is 0 Å². The molecular formula is C24H25NO3S. The summed E-state index contributed by atoms with van der Waals surface area (Å²) in [6.07, 6.45) is 0. The second-order valence-corrected chi connectivity index (χ2v) is 7.62. The van der Waals surface area contributed by atoms with Crippen LogP contribution in [0.25, 0.3) is 0 Å². The van der Waals surface area contributed by atoms with Crippen LogP contribution in [0.1, 0.15) is 15.9 Å². The Morgan fingerprint density at radius 2 is 1.62 bits per heavy atom. The first-order chi connectivity index (χ1) is 14.2. The molecule has 0 fully saturated rings. The van der Waals surface area contributed by atoms with Gasteiger partial charge in [0.1, 0.15) is 18.1 Å². The fraction of sp³-hybridized carbons (Fsp3) is 0.208. The second-order valence-electron chi connectivity index (χ2n) is 6.46. The molecule has 0 aliphatic rings. The lowest BCUT2D eigenvalue weighted by Gasteiger charge is -2.09. The summed E-state index contributed by atoms with van der Waals surface area (Å²) in [4.78, 5) is 13.5. The molecule has 0 bridgehead atoms. The first-order valence-electron chi connectivity index (χ1n) is 9.59. The van der Waals surface area contributed by atoms with Gasteiger partial charge in [0.2, 0.25) is 0 Å². The summed E-state index contributed by atoms with van der Waals surface area (Å²) in [6, 6.07) is 25.3. The number of amides is 1. The predicted octanol–water partition coefficient (Wildman–Crippen LogP) is 4.97. The van der Waals surface area contributed by atoms with Gasteiger partial charge in [-0.05, 0) is 61.0 Å². The zero-order valence-electron chi connectivity index (χ0n) is 16.5. The van der Waals surface area contributed by atoms with E-state index in [-0.39, 0.29) is 5.91 Å². The van der Waals surface area contributed by atoms with E-state index >= 15 is 0 Å². The zero-order chi connectivity index (χ0) is 20.3. The highest BCUT2D eigenvalue weighted by molar-refractivity contribution is 7.99. The van der Waals surface area contributed by atoms with E-state index in [0.29, 0.717) is 25.3 Å². The molecule has 1 N–H and O–H groups in total. The van der Waals surface area contributed by atoms with E-state index in [2.05, 4.69) is 17.4 Å². The Balaban J connectivity index is 1.34. The quantitative estimate of drug-likeness (QED) is 0.381. The van der Waals surface area contributed by atoms with Gasteiger partial charge < -0.3 is 14.8 Å². The Kier molecular flexibility index (Phi) is 8.01. The number of hydrogen-bond acceptors (Lipinski definition) is 4. The van der Waals surface area contributed by atoms with Gasteiger partial charge >= 0.3 is 0 Å². The molecule has 0 saturated carbocycles. The van der Waals surface area contributed by atoms with Gasteiger partial charge in [0.05, 0.1) is 13.2 Å². The number of thioether (sulfide) groups is 1. The SMILES string of the molecule is Cc1cccc(OCCNC(=O)c2ccc(OCCSc3ccccc3)cc2)c1. The van der Waals surface area contributed by atoms with E-state index in [1.165, 1.54) is 4.90 Å². The Labute approximate surface area is 176 Å². The van der Waals surface area contributed by atoms with Crippen molar-refractivity contribution in [2.24, 2.45) is 0 Å². The highest BCUT2D eigenvalue weighted by atomic mass is 32.2. The van der Waals surface area contributed by atoms with Gasteiger partial charge in [-0.15, -0.1) is 11.8 Å². The van der Waals surface area contributed by atoms with Crippen molar-refractivity contribution < 1.29 is 14.3 Å². The summed E-state index contributed by atoms with van der Waals surface area (Å²) in [5, 5.41) is 2.87. The van der Waals surface area contributed by atoms with E-state index in [0.717, 1.165) is 22.8 Å².